The fraction of sp³-hybridized carbons (Fsp3) is 0.909. The number of carbonyl (C=O) groups excluding carboxylic acids is 1. The molecule has 0 radical (unpaired) electrons. The van der Waals surface area contributed by atoms with Gasteiger partial charge in [-0.2, -0.15) is 0 Å². The molecular weight excluding hydrogens is 256 g/mol. The van der Waals surface area contributed by atoms with E-state index in [1.165, 1.54) is 4.31 Å². The standard InChI is InChI=1S/C11H22N2O4S/c1-2-18(16,17)13-7-3-5-10(9-13)11(15)12-6-4-8-14/h10,14H,2-9H2,1H3,(H,12,15)/t10-/m0/s1. The van der Waals surface area contributed by atoms with E-state index in [0.717, 1.165) is 12.8 Å². The maximum absolute atomic E-state index is 11.8. The number of carbonyl (C=O) groups is 1. The minimum Gasteiger partial charge on any atom is -0.396 e. The number of nitrogens with one attached hydrogen (secondary N) is 1. The van der Waals surface area contributed by atoms with Crippen LogP contribution in [-0.2, 0) is 14.8 Å². The van der Waals surface area contributed by atoms with Crippen molar-refractivity contribution in [2.75, 3.05) is 32.0 Å². The molecule has 1 aliphatic rings. The number of hydrogen-bond donors (Lipinski definition) is 2. The largest absolute Gasteiger partial charge is 0.396 e. The molecule has 0 aromatic carbocycles. The number of rotatable bonds is 6. The van der Waals surface area contributed by atoms with Gasteiger partial charge in [-0.25, -0.2) is 12.7 Å². The van der Waals surface area contributed by atoms with Crippen molar-refractivity contribution in [2.45, 2.75) is 26.2 Å². The molecule has 0 aliphatic carbocycles. The van der Waals surface area contributed by atoms with Crippen LogP contribution in [0.15, 0.2) is 0 Å². The van der Waals surface area contributed by atoms with Gasteiger partial charge in [0.1, 0.15) is 0 Å². The summed E-state index contributed by atoms with van der Waals surface area (Å²) in [6.07, 6.45) is 1.97. The maximum atomic E-state index is 11.8. The predicted molar refractivity (Wildman–Crippen MR) is 68.5 cm³/mol. The van der Waals surface area contributed by atoms with Crippen LogP contribution in [0.3, 0.4) is 0 Å². The van der Waals surface area contributed by atoms with E-state index in [2.05, 4.69) is 5.32 Å². The zero-order valence-corrected chi connectivity index (χ0v) is 11.6. The average molecular weight is 278 g/mol. The summed E-state index contributed by atoms with van der Waals surface area (Å²) in [5.74, 6) is -0.301. The number of piperidine rings is 1. The van der Waals surface area contributed by atoms with E-state index in [-0.39, 0.29) is 30.7 Å². The molecule has 1 amide bonds. The molecule has 0 spiro atoms. The van der Waals surface area contributed by atoms with Crippen molar-refractivity contribution in [3.05, 3.63) is 0 Å². The van der Waals surface area contributed by atoms with Gasteiger partial charge >= 0.3 is 0 Å². The normalized spacial score (nSPS) is 21.8. The van der Waals surface area contributed by atoms with E-state index in [9.17, 15) is 13.2 Å². The molecular formula is C11H22N2O4S. The first kappa shape index (κ1) is 15.4. The van der Waals surface area contributed by atoms with Gasteiger partial charge in [-0.05, 0) is 26.2 Å². The molecule has 0 aromatic heterocycles. The fourth-order valence-corrected chi connectivity index (χ4v) is 3.21. The highest BCUT2D eigenvalue weighted by Crippen LogP contribution is 2.19. The predicted octanol–water partition coefficient (Wildman–Crippen LogP) is -0.453. The summed E-state index contributed by atoms with van der Waals surface area (Å²) in [7, 11) is -3.20. The first-order chi connectivity index (χ1) is 8.51. The molecule has 0 saturated carbocycles. The van der Waals surface area contributed by atoms with Crippen LogP contribution in [0.5, 0.6) is 0 Å². The van der Waals surface area contributed by atoms with Crippen LogP contribution in [0.2, 0.25) is 0 Å². The van der Waals surface area contributed by atoms with Gasteiger partial charge in [-0.3, -0.25) is 4.79 Å². The van der Waals surface area contributed by atoms with Gasteiger partial charge in [0.15, 0.2) is 0 Å². The summed E-state index contributed by atoms with van der Waals surface area (Å²) in [5.41, 5.74) is 0. The average Bonchev–Trinajstić information content (AvgIpc) is 2.39. The molecule has 1 rings (SSSR count). The Bertz CT molecular complexity index is 369. The van der Waals surface area contributed by atoms with Crippen LogP contribution in [0.1, 0.15) is 26.2 Å². The third-order valence-corrected chi connectivity index (χ3v) is 5.00. The van der Waals surface area contributed by atoms with Crippen molar-refractivity contribution >= 4 is 15.9 Å². The molecule has 2 N–H and O–H groups in total. The third-order valence-electron chi connectivity index (χ3n) is 3.15. The lowest BCUT2D eigenvalue weighted by atomic mass is 9.99. The molecule has 18 heavy (non-hydrogen) atoms. The van der Waals surface area contributed by atoms with E-state index in [1.54, 1.807) is 6.92 Å². The van der Waals surface area contributed by atoms with E-state index in [0.29, 0.717) is 19.5 Å². The van der Waals surface area contributed by atoms with Gasteiger partial charge in [0.05, 0.1) is 11.7 Å². The number of amides is 1. The molecule has 0 unspecified atom stereocenters. The third kappa shape index (κ3) is 4.22. The lowest BCUT2D eigenvalue weighted by Gasteiger charge is -2.30. The first-order valence-electron chi connectivity index (χ1n) is 6.37. The Balaban J connectivity index is 2.51. The zero-order chi connectivity index (χ0) is 13.6. The van der Waals surface area contributed by atoms with Gasteiger partial charge in [-0.1, -0.05) is 0 Å². The van der Waals surface area contributed by atoms with E-state index >= 15 is 0 Å². The number of nitrogens with zero attached hydrogens (tertiary/aromatic N) is 1. The fourth-order valence-electron chi connectivity index (χ4n) is 2.03. The molecule has 7 heteroatoms. The summed E-state index contributed by atoms with van der Waals surface area (Å²) in [6, 6.07) is 0. The van der Waals surface area contributed by atoms with Crippen molar-refractivity contribution < 1.29 is 18.3 Å². The molecule has 0 aromatic rings. The van der Waals surface area contributed by atoms with Gasteiger partial charge in [0, 0.05) is 26.2 Å². The van der Waals surface area contributed by atoms with Crippen molar-refractivity contribution in [3.8, 4) is 0 Å². The molecule has 1 heterocycles. The van der Waals surface area contributed by atoms with Crippen molar-refractivity contribution in [3.63, 3.8) is 0 Å². The van der Waals surface area contributed by atoms with Crippen molar-refractivity contribution in [1.29, 1.82) is 0 Å². The number of hydrogen-bond acceptors (Lipinski definition) is 4. The van der Waals surface area contributed by atoms with Gasteiger partial charge < -0.3 is 10.4 Å². The number of aliphatic hydroxyl groups excluding tert-OH is 1. The smallest absolute Gasteiger partial charge is 0.224 e. The lowest BCUT2D eigenvalue weighted by Crippen LogP contribution is -2.46. The maximum Gasteiger partial charge on any atom is 0.224 e. The summed E-state index contributed by atoms with van der Waals surface area (Å²) in [4.78, 5) is 11.8. The monoisotopic (exact) mass is 278 g/mol. The van der Waals surface area contributed by atoms with Gasteiger partial charge in [0.25, 0.3) is 0 Å². The van der Waals surface area contributed by atoms with E-state index < -0.39 is 10.0 Å². The quantitative estimate of drug-likeness (QED) is 0.644. The topological polar surface area (TPSA) is 86.7 Å². The van der Waals surface area contributed by atoms with Gasteiger partial charge in [0.2, 0.25) is 15.9 Å². The van der Waals surface area contributed by atoms with Crippen molar-refractivity contribution in [2.24, 2.45) is 5.92 Å². The van der Waals surface area contributed by atoms with Crippen LogP contribution < -0.4 is 5.32 Å². The zero-order valence-electron chi connectivity index (χ0n) is 10.8. The highest BCUT2D eigenvalue weighted by atomic mass is 32.2. The van der Waals surface area contributed by atoms with Crippen LogP contribution in [-0.4, -0.2) is 55.7 Å². The van der Waals surface area contributed by atoms with Crippen molar-refractivity contribution in [1.82, 2.24) is 9.62 Å². The molecule has 0 bridgehead atoms. The van der Waals surface area contributed by atoms with E-state index in [4.69, 9.17) is 5.11 Å². The minimum absolute atomic E-state index is 0.0429. The lowest BCUT2D eigenvalue weighted by molar-refractivity contribution is -0.126. The Morgan fingerprint density at radius 1 is 1.50 bits per heavy atom. The number of sulfonamides is 1. The second-order valence-corrected chi connectivity index (χ2v) is 6.72. The Morgan fingerprint density at radius 3 is 2.83 bits per heavy atom. The molecule has 1 atom stereocenters. The summed E-state index contributed by atoms with van der Waals surface area (Å²) in [5, 5.41) is 11.4. The Labute approximate surface area is 108 Å². The van der Waals surface area contributed by atoms with Gasteiger partial charge in [-0.15, -0.1) is 0 Å². The second-order valence-electron chi connectivity index (χ2n) is 4.47. The van der Waals surface area contributed by atoms with Crippen LogP contribution in [0, 0.1) is 5.92 Å². The van der Waals surface area contributed by atoms with Crippen LogP contribution in [0.4, 0.5) is 0 Å². The molecule has 1 aliphatic heterocycles. The van der Waals surface area contributed by atoms with Crippen LogP contribution >= 0.6 is 0 Å². The second kappa shape index (κ2) is 7.06. The van der Waals surface area contributed by atoms with E-state index in [1.807, 2.05) is 0 Å². The molecule has 106 valence electrons. The summed E-state index contributed by atoms with van der Waals surface area (Å²) < 4.78 is 24.9. The highest BCUT2D eigenvalue weighted by molar-refractivity contribution is 7.89. The molecule has 1 saturated heterocycles. The Hall–Kier alpha value is -0.660. The Morgan fingerprint density at radius 2 is 2.22 bits per heavy atom. The SMILES string of the molecule is CCS(=O)(=O)N1CCC[C@H](C(=O)NCCCO)C1. The first-order valence-corrected chi connectivity index (χ1v) is 7.98. The molecule has 1 fully saturated rings. The van der Waals surface area contributed by atoms with Crippen LogP contribution in [0.25, 0.3) is 0 Å². The summed E-state index contributed by atoms with van der Waals surface area (Å²) in [6.45, 7) is 2.88. The highest BCUT2D eigenvalue weighted by Gasteiger charge is 2.31. The number of aliphatic hydroxyl groups is 1. The summed E-state index contributed by atoms with van der Waals surface area (Å²) >= 11 is 0. The Kier molecular flexibility index (Phi) is 6.04. The minimum atomic E-state index is -3.20. The molecule has 6 nitrogen and oxygen atoms in total.